The lowest BCUT2D eigenvalue weighted by Gasteiger charge is -2.27. The highest BCUT2D eigenvalue weighted by Gasteiger charge is 2.19. The predicted molar refractivity (Wildman–Crippen MR) is 97.7 cm³/mol. The maximum atomic E-state index is 5.76. The van der Waals surface area contributed by atoms with Crippen LogP contribution in [0.5, 0.6) is 0 Å². The number of nitrogens with one attached hydrogen (secondary N) is 1. The smallest absolute Gasteiger partial charge is 0.151 e. The minimum Gasteiger partial charge on any atom is -0.308 e. The van der Waals surface area contributed by atoms with Crippen LogP contribution < -0.4 is 5.32 Å². The van der Waals surface area contributed by atoms with E-state index in [0.717, 1.165) is 18.8 Å². The van der Waals surface area contributed by atoms with Crippen LogP contribution in [0.4, 0.5) is 0 Å². The van der Waals surface area contributed by atoms with Gasteiger partial charge in [-0.25, -0.2) is 0 Å². The van der Waals surface area contributed by atoms with Crippen molar-refractivity contribution in [1.82, 2.24) is 20.4 Å². The summed E-state index contributed by atoms with van der Waals surface area (Å²) in [5.41, 5.74) is 0.947. The molecule has 0 spiro atoms. The van der Waals surface area contributed by atoms with Gasteiger partial charge in [0.1, 0.15) is 0 Å². The van der Waals surface area contributed by atoms with Crippen molar-refractivity contribution in [3.8, 4) is 11.8 Å². The van der Waals surface area contributed by atoms with Crippen LogP contribution in [0.3, 0.4) is 0 Å². The molecular formula is C19H27ClN4. The average Bonchev–Trinajstić information content (AvgIpc) is 2.63. The molecule has 0 radical (unpaired) electrons. The van der Waals surface area contributed by atoms with Crippen molar-refractivity contribution in [3.05, 3.63) is 23.0 Å². The molecule has 0 unspecified atom stereocenters. The predicted octanol–water partition coefficient (Wildman–Crippen LogP) is 3.27. The summed E-state index contributed by atoms with van der Waals surface area (Å²) in [6.07, 6.45) is 8.89. The van der Waals surface area contributed by atoms with E-state index in [9.17, 15) is 0 Å². The van der Waals surface area contributed by atoms with Gasteiger partial charge in [0.2, 0.25) is 0 Å². The molecule has 2 fully saturated rings. The van der Waals surface area contributed by atoms with Crippen molar-refractivity contribution in [3.63, 3.8) is 0 Å². The average molecular weight is 347 g/mol. The van der Waals surface area contributed by atoms with Crippen molar-refractivity contribution in [2.45, 2.75) is 57.5 Å². The molecule has 1 aromatic rings. The van der Waals surface area contributed by atoms with Crippen LogP contribution in [-0.2, 0) is 6.54 Å². The van der Waals surface area contributed by atoms with Gasteiger partial charge in [-0.05, 0) is 63.7 Å². The molecule has 130 valence electrons. The molecular weight excluding hydrogens is 320 g/mol. The maximum Gasteiger partial charge on any atom is 0.151 e. The van der Waals surface area contributed by atoms with E-state index in [0.29, 0.717) is 17.1 Å². The zero-order chi connectivity index (χ0) is 16.6. The molecule has 3 rings (SSSR count). The Balaban J connectivity index is 1.34. The third kappa shape index (κ3) is 5.73. The van der Waals surface area contributed by atoms with Crippen molar-refractivity contribution in [2.24, 2.45) is 5.92 Å². The lowest BCUT2D eigenvalue weighted by molar-refractivity contribution is 0.255. The minimum atomic E-state index is 0.447. The largest absolute Gasteiger partial charge is 0.308 e. The molecule has 1 saturated carbocycles. The van der Waals surface area contributed by atoms with Crippen molar-refractivity contribution in [1.29, 1.82) is 0 Å². The Kier molecular flexibility index (Phi) is 6.89. The van der Waals surface area contributed by atoms with Crippen LogP contribution in [0.25, 0.3) is 0 Å². The van der Waals surface area contributed by atoms with Gasteiger partial charge in [0.25, 0.3) is 0 Å². The van der Waals surface area contributed by atoms with Gasteiger partial charge >= 0.3 is 0 Å². The number of hydrogen-bond donors (Lipinski definition) is 1. The third-order valence-corrected chi connectivity index (χ3v) is 5.25. The Morgan fingerprint density at radius 3 is 2.58 bits per heavy atom. The molecule has 0 amide bonds. The molecule has 2 aliphatic rings. The lowest BCUT2D eigenvalue weighted by atomic mass is 9.86. The van der Waals surface area contributed by atoms with Gasteiger partial charge in [-0.3, -0.25) is 4.90 Å². The standard InChI is InChI=1S/C19H27ClN4/c20-19-11-10-18(22-23-19)15-21-17-8-6-16(7-9-17)5-4-14-24-12-2-1-3-13-24/h10-11,16-17,21H,1-3,6-9,12-15H2. The lowest BCUT2D eigenvalue weighted by Crippen LogP contribution is -2.33. The number of aromatic nitrogens is 2. The number of likely N-dealkylation sites (tertiary alicyclic amines) is 1. The van der Waals surface area contributed by atoms with Gasteiger partial charge in [0, 0.05) is 18.5 Å². The van der Waals surface area contributed by atoms with Crippen molar-refractivity contribution >= 4 is 11.6 Å². The third-order valence-electron chi connectivity index (χ3n) is 5.04. The van der Waals surface area contributed by atoms with Crippen LogP contribution in [0.2, 0.25) is 5.15 Å². The van der Waals surface area contributed by atoms with Crippen molar-refractivity contribution < 1.29 is 0 Å². The Hall–Kier alpha value is -1.15. The second kappa shape index (κ2) is 9.36. The highest BCUT2D eigenvalue weighted by molar-refractivity contribution is 6.29. The molecule has 5 heteroatoms. The first-order valence-electron chi connectivity index (χ1n) is 9.22. The van der Waals surface area contributed by atoms with E-state index >= 15 is 0 Å². The molecule has 2 heterocycles. The van der Waals surface area contributed by atoms with Gasteiger partial charge in [0.05, 0.1) is 12.2 Å². The number of halogens is 1. The molecule has 1 aliphatic carbocycles. The van der Waals surface area contributed by atoms with Gasteiger partial charge in [-0.1, -0.05) is 29.9 Å². The van der Waals surface area contributed by atoms with Crippen LogP contribution in [0.15, 0.2) is 12.1 Å². The van der Waals surface area contributed by atoms with Gasteiger partial charge < -0.3 is 5.32 Å². The fraction of sp³-hybridized carbons (Fsp3) is 0.684. The molecule has 4 nitrogen and oxygen atoms in total. The zero-order valence-corrected chi connectivity index (χ0v) is 15.1. The highest BCUT2D eigenvalue weighted by atomic mass is 35.5. The Morgan fingerprint density at radius 2 is 1.88 bits per heavy atom. The second-order valence-corrected chi connectivity index (χ2v) is 7.32. The number of piperidine rings is 1. The number of hydrogen-bond acceptors (Lipinski definition) is 4. The molecule has 24 heavy (non-hydrogen) atoms. The summed E-state index contributed by atoms with van der Waals surface area (Å²) in [5.74, 6) is 7.53. The first-order valence-corrected chi connectivity index (χ1v) is 9.59. The van der Waals surface area contributed by atoms with E-state index in [2.05, 4.69) is 32.3 Å². The normalized spacial score (nSPS) is 25.0. The quantitative estimate of drug-likeness (QED) is 0.849. The Morgan fingerprint density at radius 1 is 1.08 bits per heavy atom. The van der Waals surface area contributed by atoms with Crippen molar-refractivity contribution in [2.75, 3.05) is 19.6 Å². The van der Waals surface area contributed by atoms with Crippen LogP contribution in [0, 0.1) is 17.8 Å². The topological polar surface area (TPSA) is 41.0 Å². The molecule has 0 aromatic carbocycles. The fourth-order valence-corrected chi connectivity index (χ4v) is 3.65. The molecule has 1 aromatic heterocycles. The van der Waals surface area contributed by atoms with Crippen LogP contribution >= 0.6 is 11.6 Å². The summed E-state index contributed by atoms with van der Waals surface area (Å²) in [4.78, 5) is 2.50. The summed E-state index contributed by atoms with van der Waals surface area (Å²) in [6, 6.07) is 4.29. The molecule has 1 aliphatic heterocycles. The SMILES string of the molecule is Clc1ccc(CNC2CCC(C#CCN3CCCCC3)CC2)nn1. The molecule has 1 N–H and O–H groups in total. The number of nitrogens with zero attached hydrogens (tertiary/aromatic N) is 3. The fourth-order valence-electron chi connectivity index (χ4n) is 3.55. The summed E-state index contributed by atoms with van der Waals surface area (Å²) >= 11 is 5.76. The second-order valence-electron chi connectivity index (χ2n) is 6.93. The molecule has 0 bridgehead atoms. The van der Waals surface area contributed by atoms with Gasteiger partial charge in [-0.15, -0.1) is 5.10 Å². The highest BCUT2D eigenvalue weighted by Crippen LogP contribution is 2.23. The monoisotopic (exact) mass is 346 g/mol. The van der Waals surface area contributed by atoms with E-state index in [1.165, 1.54) is 58.0 Å². The molecule has 0 atom stereocenters. The van der Waals surface area contributed by atoms with Crippen LogP contribution in [0.1, 0.15) is 50.6 Å². The van der Waals surface area contributed by atoms with E-state index in [1.54, 1.807) is 6.07 Å². The minimum absolute atomic E-state index is 0.447. The van der Waals surface area contributed by atoms with Crippen LogP contribution in [-0.4, -0.2) is 40.8 Å². The Labute approximate surface area is 150 Å². The number of rotatable bonds is 4. The maximum absolute atomic E-state index is 5.76. The summed E-state index contributed by atoms with van der Waals surface area (Å²) in [6.45, 7) is 4.20. The van der Waals surface area contributed by atoms with Gasteiger partial charge in [0.15, 0.2) is 5.15 Å². The van der Waals surface area contributed by atoms with E-state index < -0.39 is 0 Å². The summed E-state index contributed by atoms with van der Waals surface area (Å²) in [5, 5.41) is 12.0. The van der Waals surface area contributed by atoms with E-state index in [1.807, 2.05) is 6.07 Å². The Bertz CT molecular complexity index is 549. The summed E-state index contributed by atoms with van der Waals surface area (Å²) in [7, 11) is 0. The first-order chi connectivity index (χ1) is 11.8. The first kappa shape index (κ1) is 17.7. The van der Waals surface area contributed by atoms with E-state index in [4.69, 9.17) is 11.6 Å². The zero-order valence-electron chi connectivity index (χ0n) is 14.3. The summed E-state index contributed by atoms with van der Waals surface area (Å²) < 4.78 is 0. The van der Waals surface area contributed by atoms with Gasteiger partial charge in [-0.2, -0.15) is 5.10 Å². The van der Waals surface area contributed by atoms with E-state index in [-0.39, 0.29) is 0 Å². The molecule has 1 saturated heterocycles.